The Bertz CT molecular complexity index is 484. The number of aryl methyl sites for hydroxylation is 1. The molecule has 0 aliphatic carbocycles. The smallest absolute Gasteiger partial charge is 0.328 e. The first-order valence-corrected chi connectivity index (χ1v) is 4.59. The van der Waals surface area contributed by atoms with Crippen molar-refractivity contribution in [2.24, 2.45) is 0 Å². The first-order chi connectivity index (χ1) is 7.60. The predicted octanol–water partition coefficient (Wildman–Crippen LogP) is 1.97. The lowest BCUT2D eigenvalue weighted by Gasteiger charge is -2.08. The highest BCUT2D eigenvalue weighted by Crippen LogP contribution is 2.26. The largest absolute Gasteiger partial charge is 0.495 e. The molecule has 0 saturated heterocycles. The Morgan fingerprint density at radius 2 is 2.25 bits per heavy atom. The molecule has 0 fully saturated rings. The first kappa shape index (κ1) is 11.8. The number of hydrogen-bond acceptors (Lipinski definition) is 3. The van der Waals surface area contributed by atoms with Gasteiger partial charge in [0.1, 0.15) is 17.4 Å². The second-order valence-electron chi connectivity index (χ2n) is 3.16. The van der Waals surface area contributed by atoms with Gasteiger partial charge in [-0.3, -0.25) is 0 Å². The number of carboxylic acid groups (broad SMARTS) is 1. The molecule has 1 N–H and O–H groups in total. The summed E-state index contributed by atoms with van der Waals surface area (Å²) in [6.07, 6.45) is 2.37. The predicted molar refractivity (Wildman–Crippen MR) is 59.1 cm³/mol. The summed E-state index contributed by atoms with van der Waals surface area (Å²) >= 11 is 0. The Morgan fingerprint density at radius 1 is 1.56 bits per heavy atom. The molecular weight excluding hydrogens is 206 g/mol. The molecule has 4 nitrogen and oxygen atoms in total. The van der Waals surface area contributed by atoms with E-state index in [0.29, 0.717) is 16.9 Å². The summed E-state index contributed by atoms with van der Waals surface area (Å²) in [4.78, 5) is 10.4. The van der Waals surface area contributed by atoms with Crippen molar-refractivity contribution in [1.82, 2.24) is 0 Å². The fraction of sp³-hybridized carbons (Fsp3) is 0.167. The fourth-order valence-electron chi connectivity index (χ4n) is 1.38. The maximum Gasteiger partial charge on any atom is 0.328 e. The summed E-state index contributed by atoms with van der Waals surface area (Å²) < 4.78 is 5.11. The molecule has 0 bridgehead atoms. The SMILES string of the molecule is COc1c(C)ccc(/C=C/C(=O)O)c1C#N. The molecule has 1 aromatic rings. The zero-order chi connectivity index (χ0) is 12.1. The Labute approximate surface area is 93.4 Å². The van der Waals surface area contributed by atoms with Gasteiger partial charge in [0.25, 0.3) is 0 Å². The number of carbonyl (C=O) groups is 1. The van der Waals surface area contributed by atoms with Crippen LogP contribution in [-0.4, -0.2) is 18.2 Å². The van der Waals surface area contributed by atoms with E-state index in [0.717, 1.165) is 11.6 Å². The highest BCUT2D eigenvalue weighted by atomic mass is 16.5. The van der Waals surface area contributed by atoms with E-state index in [-0.39, 0.29) is 0 Å². The van der Waals surface area contributed by atoms with Gasteiger partial charge in [-0.25, -0.2) is 4.79 Å². The maximum atomic E-state index is 10.4. The van der Waals surface area contributed by atoms with E-state index >= 15 is 0 Å². The Balaban J connectivity index is 3.31. The van der Waals surface area contributed by atoms with Gasteiger partial charge in [0.15, 0.2) is 0 Å². The number of nitrogens with zero attached hydrogens (tertiary/aromatic N) is 1. The van der Waals surface area contributed by atoms with Gasteiger partial charge in [0, 0.05) is 6.08 Å². The maximum absolute atomic E-state index is 10.4. The minimum atomic E-state index is -1.05. The molecule has 0 amide bonds. The number of rotatable bonds is 3. The van der Waals surface area contributed by atoms with E-state index in [4.69, 9.17) is 15.1 Å². The number of aliphatic carboxylic acids is 1. The zero-order valence-corrected chi connectivity index (χ0v) is 9.02. The van der Waals surface area contributed by atoms with Crippen molar-refractivity contribution in [3.05, 3.63) is 34.9 Å². The van der Waals surface area contributed by atoms with Gasteiger partial charge < -0.3 is 9.84 Å². The van der Waals surface area contributed by atoms with Crippen molar-refractivity contribution < 1.29 is 14.6 Å². The minimum Gasteiger partial charge on any atom is -0.495 e. The van der Waals surface area contributed by atoms with Crippen molar-refractivity contribution >= 4 is 12.0 Å². The molecule has 0 saturated carbocycles. The van der Waals surface area contributed by atoms with E-state index in [2.05, 4.69) is 0 Å². The second-order valence-corrected chi connectivity index (χ2v) is 3.16. The van der Waals surface area contributed by atoms with Crippen molar-refractivity contribution in [2.75, 3.05) is 7.11 Å². The lowest BCUT2D eigenvalue weighted by Crippen LogP contribution is -1.95. The summed E-state index contributed by atoms with van der Waals surface area (Å²) in [5.74, 6) is -0.571. The average Bonchev–Trinajstić information content (AvgIpc) is 2.26. The summed E-state index contributed by atoms with van der Waals surface area (Å²) in [6, 6.07) is 5.48. The van der Waals surface area contributed by atoms with Gasteiger partial charge in [-0.1, -0.05) is 12.1 Å². The van der Waals surface area contributed by atoms with Crippen LogP contribution < -0.4 is 4.74 Å². The highest BCUT2D eigenvalue weighted by molar-refractivity contribution is 5.86. The van der Waals surface area contributed by atoms with Crippen LogP contribution >= 0.6 is 0 Å². The molecule has 0 heterocycles. The number of benzene rings is 1. The standard InChI is InChI=1S/C12H11NO3/c1-8-3-4-9(5-6-11(14)15)10(7-13)12(8)16-2/h3-6H,1-2H3,(H,14,15)/b6-5+. The number of carboxylic acids is 1. The molecule has 0 aromatic heterocycles. The summed E-state index contributed by atoms with van der Waals surface area (Å²) in [6.45, 7) is 1.82. The van der Waals surface area contributed by atoms with Crippen LogP contribution in [-0.2, 0) is 4.79 Å². The van der Waals surface area contributed by atoms with Crippen LogP contribution in [0.1, 0.15) is 16.7 Å². The number of methoxy groups -OCH3 is 1. The monoisotopic (exact) mass is 217 g/mol. The molecule has 0 spiro atoms. The molecule has 0 unspecified atom stereocenters. The zero-order valence-electron chi connectivity index (χ0n) is 9.02. The van der Waals surface area contributed by atoms with Crippen molar-refractivity contribution in [2.45, 2.75) is 6.92 Å². The average molecular weight is 217 g/mol. The Hall–Kier alpha value is -2.28. The quantitative estimate of drug-likeness (QED) is 0.786. The van der Waals surface area contributed by atoms with Gasteiger partial charge in [-0.2, -0.15) is 5.26 Å². The molecule has 82 valence electrons. The van der Waals surface area contributed by atoms with Gasteiger partial charge in [-0.15, -0.1) is 0 Å². The molecule has 0 aliphatic rings. The summed E-state index contributed by atoms with van der Waals surface area (Å²) in [5.41, 5.74) is 1.72. The normalized spacial score (nSPS) is 10.1. The summed E-state index contributed by atoms with van der Waals surface area (Å²) in [5, 5.41) is 17.5. The first-order valence-electron chi connectivity index (χ1n) is 4.59. The Morgan fingerprint density at radius 3 is 2.75 bits per heavy atom. The topological polar surface area (TPSA) is 70.3 Å². The van der Waals surface area contributed by atoms with Crippen LogP contribution in [0.2, 0.25) is 0 Å². The van der Waals surface area contributed by atoms with Crippen LogP contribution in [0.3, 0.4) is 0 Å². The highest BCUT2D eigenvalue weighted by Gasteiger charge is 2.09. The van der Waals surface area contributed by atoms with Gasteiger partial charge >= 0.3 is 5.97 Å². The van der Waals surface area contributed by atoms with Gasteiger partial charge in [0.2, 0.25) is 0 Å². The molecule has 1 rings (SSSR count). The molecule has 16 heavy (non-hydrogen) atoms. The van der Waals surface area contributed by atoms with Gasteiger partial charge in [-0.05, 0) is 24.1 Å². The molecular formula is C12H11NO3. The van der Waals surface area contributed by atoms with Crippen LogP contribution in [0.25, 0.3) is 6.08 Å². The lowest BCUT2D eigenvalue weighted by atomic mass is 10.0. The number of nitriles is 1. The van der Waals surface area contributed by atoms with Crippen LogP contribution in [0, 0.1) is 18.3 Å². The summed E-state index contributed by atoms with van der Waals surface area (Å²) in [7, 11) is 1.48. The fourth-order valence-corrected chi connectivity index (χ4v) is 1.38. The lowest BCUT2D eigenvalue weighted by molar-refractivity contribution is -0.131. The van der Waals surface area contributed by atoms with Crippen molar-refractivity contribution in [3.8, 4) is 11.8 Å². The van der Waals surface area contributed by atoms with E-state index in [9.17, 15) is 4.79 Å². The van der Waals surface area contributed by atoms with Crippen molar-refractivity contribution in [1.29, 1.82) is 5.26 Å². The molecule has 0 atom stereocenters. The van der Waals surface area contributed by atoms with Crippen molar-refractivity contribution in [3.63, 3.8) is 0 Å². The molecule has 4 heteroatoms. The van der Waals surface area contributed by atoms with Crippen LogP contribution in [0.4, 0.5) is 0 Å². The van der Waals surface area contributed by atoms with Crippen LogP contribution in [0.5, 0.6) is 5.75 Å². The molecule has 0 aliphatic heterocycles. The van der Waals surface area contributed by atoms with E-state index in [1.54, 1.807) is 12.1 Å². The van der Waals surface area contributed by atoms with E-state index in [1.807, 2.05) is 13.0 Å². The van der Waals surface area contributed by atoms with Gasteiger partial charge in [0.05, 0.1) is 7.11 Å². The number of hydrogen-bond donors (Lipinski definition) is 1. The van der Waals surface area contributed by atoms with E-state index in [1.165, 1.54) is 13.2 Å². The third kappa shape index (κ3) is 2.39. The second kappa shape index (κ2) is 4.99. The number of ether oxygens (including phenoxy) is 1. The van der Waals surface area contributed by atoms with E-state index < -0.39 is 5.97 Å². The molecule has 1 aromatic carbocycles. The third-order valence-electron chi connectivity index (χ3n) is 2.11. The Kier molecular flexibility index (Phi) is 3.67. The van der Waals surface area contributed by atoms with Crippen LogP contribution in [0.15, 0.2) is 18.2 Å². The minimum absolute atomic E-state index is 0.347. The third-order valence-corrected chi connectivity index (χ3v) is 2.11. The molecule has 0 radical (unpaired) electrons.